The van der Waals surface area contributed by atoms with E-state index in [1.54, 1.807) is 0 Å². The predicted molar refractivity (Wildman–Crippen MR) is 61.8 cm³/mol. The van der Waals surface area contributed by atoms with Gasteiger partial charge in [-0.05, 0) is 35.4 Å². The summed E-state index contributed by atoms with van der Waals surface area (Å²) >= 11 is 0. The summed E-state index contributed by atoms with van der Waals surface area (Å²) in [6.07, 6.45) is 0. The minimum absolute atomic E-state index is 0.0603. The van der Waals surface area contributed by atoms with Gasteiger partial charge in [-0.1, -0.05) is 6.07 Å². The predicted octanol–water partition coefficient (Wildman–Crippen LogP) is 2.93. The van der Waals surface area contributed by atoms with E-state index in [-0.39, 0.29) is 11.1 Å². The molecule has 0 amide bonds. The highest BCUT2D eigenvalue weighted by Gasteiger charge is 2.19. The van der Waals surface area contributed by atoms with Gasteiger partial charge in [0.15, 0.2) is 29.1 Å². The van der Waals surface area contributed by atoms with Crippen molar-refractivity contribution in [2.45, 2.75) is 6.04 Å². The number of nitrogens with one attached hydrogen (secondary N) is 1. The fraction of sp³-hybridized carbons (Fsp3) is 0.0769. The Morgan fingerprint density at radius 2 is 1.30 bits per heavy atom. The molecule has 0 aromatic heterocycles. The summed E-state index contributed by atoms with van der Waals surface area (Å²) in [7, 11) is 0. The van der Waals surface area contributed by atoms with E-state index in [2.05, 4.69) is 5.43 Å². The van der Waals surface area contributed by atoms with Crippen LogP contribution in [-0.4, -0.2) is 0 Å². The highest BCUT2D eigenvalue weighted by Crippen LogP contribution is 2.25. The van der Waals surface area contributed by atoms with Crippen LogP contribution in [0.3, 0.4) is 0 Å². The number of hydrazine groups is 1. The van der Waals surface area contributed by atoms with E-state index in [0.717, 1.165) is 24.3 Å². The molecule has 0 spiro atoms. The number of nitrogens with two attached hydrogens (primary N) is 1. The molecule has 0 saturated heterocycles. The van der Waals surface area contributed by atoms with Crippen LogP contribution in [0.2, 0.25) is 0 Å². The first kappa shape index (κ1) is 14.4. The van der Waals surface area contributed by atoms with Gasteiger partial charge in [0.25, 0.3) is 0 Å². The second-order valence-electron chi connectivity index (χ2n) is 4.07. The topological polar surface area (TPSA) is 38.0 Å². The third-order valence-electron chi connectivity index (χ3n) is 2.78. The second-order valence-corrected chi connectivity index (χ2v) is 4.07. The fourth-order valence-electron chi connectivity index (χ4n) is 1.82. The molecule has 0 aliphatic rings. The molecule has 1 unspecified atom stereocenters. The average Bonchev–Trinajstić information content (AvgIpc) is 2.41. The van der Waals surface area contributed by atoms with Gasteiger partial charge in [-0.2, -0.15) is 0 Å². The molecule has 0 heterocycles. The maximum atomic E-state index is 13.2. The van der Waals surface area contributed by atoms with Crippen LogP contribution in [0.4, 0.5) is 22.0 Å². The zero-order valence-corrected chi connectivity index (χ0v) is 9.93. The van der Waals surface area contributed by atoms with Gasteiger partial charge in [-0.3, -0.25) is 5.84 Å². The van der Waals surface area contributed by atoms with E-state index in [4.69, 9.17) is 5.84 Å². The molecule has 2 aromatic rings. The first-order valence-corrected chi connectivity index (χ1v) is 5.49. The zero-order valence-electron chi connectivity index (χ0n) is 9.93. The molecule has 7 heteroatoms. The molecular formula is C13H9F5N2. The zero-order chi connectivity index (χ0) is 14.9. The lowest BCUT2D eigenvalue weighted by Crippen LogP contribution is -2.29. The Labute approximate surface area is 111 Å². The number of halogens is 5. The molecule has 0 saturated carbocycles. The summed E-state index contributed by atoms with van der Waals surface area (Å²) in [5.74, 6) is -1.36. The first-order valence-electron chi connectivity index (χ1n) is 5.49. The summed E-state index contributed by atoms with van der Waals surface area (Å²) in [5.41, 5.74) is 2.29. The Kier molecular flexibility index (Phi) is 4.01. The molecule has 0 bridgehead atoms. The average molecular weight is 288 g/mol. The largest absolute Gasteiger partial charge is 0.271 e. The van der Waals surface area contributed by atoms with Crippen LogP contribution in [0.25, 0.3) is 0 Å². The molecule has 20 heavy (non-hydrogen) atoms. The van der Waals surface area contributed by atoms with Gasteiger partial charge >= 0.3 is 0 Å². The Morgan fingerprint density at radius 1 is 0.750 bits per heavy atom. The van der Waals surface area contributed by atoms with E-state index in [1.165, 1.54) is 6.07 Å². The number of hydrogen-bond acceptors (Lipinski definition) is 2. The maximum Gasteiger partial charge on any atom is 0.194 e. The second kappa shape index (κ2) is 5.56. The van der Waals surface area contributed by atoms with Crippen LogP contribution >= 0.6 is 0 Å². The van der Waals surface area contributed by atoms with Crippen molar-refractivity contribution in [3.8, 4) is 0 Å². The summed E-state index contributed by atoms with van der Waals surface area (Å²) in [6.45, 7) is 0. The van der Waals surface area contributed by atoms with Crippen molar-refractivity contribution in [3.05, 3.63) is 70.5 Å². The van der Waals surface area contributed by atoms with Crippen molar-refractivity contribution in [1.82, 2.24) is 5.43 Å². The van der Waals surface area contributed by atoms with Gasteiger partial charge in [0.1, 0.15) is 0 Å². The van der Waals surface area contributed by atoms with E-state index >= 15 is 0 Å². The Bertz CT molecular complexity index is 622. The van der Waals surface area contributed by atoms with Crippen molar-refractivity contribution in [1.29, 1.82) is 0 Å². The van der Waals surface area contributed by atoms with Crippen molar-refractivity contribution in [2.75, 3.05) is 0 Å². The summed E-state index contributed by atoms with van der Waals surface area (Å²) < 4.78 is 65.3. The molecule has 3 N–H and O–H groups in total. The monoisotopic (exact) mass is 288 g/mol. The molecule has 1 atom stereocenters. The molecular weight excluding hydrogens is 279 g/mol. The molecule has 106 valence electrons. The first-order chi connectivity index (χ1) is 9.43. The van der Waals surface area contributed by atoms with E-state index < -0.39 is 35.1 Å². The standard InChI is InChI=1S/C13H9F5N2/c14-8-2-1-6(3-9(8)15)13(20-19)7-4-10(16)12(18)11(17)5-7/h1-5,13,20H,19H2. The lowest BCUT2D eigenvalue weighted by Gasteiger charge is -2.17. The third-order valence-corrected chi connectivity index (χ3v) is 2.78. The Morgan fingerprint density at radius 3 is 1.80 bits per heavy atom. The van der Waals surface area contributed by atoms with Crippen LogP contribution in [0, 0.1) is 29.1 Å². The number of hydrogen-bond donors (Lipinski definition) is 2. The van der Waals surface area contributed by atoms with Crippen LogP contribution in [0.1, 0.15) is 17.2 Å². The van der Waals surface area contributed by atoms with Gasteiger partial charge in [-0.15, -0.1) is 0 Å². The normalized spacial score (nSPS) is 12.5. The van der Waals surface area contributed by atoms with Crippen LogP contribution in [0.5, 0.6) is 0 Å². The van der Waals surface area contributed by atoms with Crippen molar-refractivity contribution in [2.24, 2.45) is 5.84 Å². The molecule has 2 rings (SSSR count). The molecule has 0 radical (unpaired) electrons. The number of rotatable bonds is 3. The quantitative estimate of drug-likeness (QED) is 0.394. The molecule has 2 aromatic carbocycles. The minimum Gasteiger partial charge on any atom is -0.271 e. The fourth-order valence-corrected chi connectivity index (χ4v) is 1.82. The summed E-state index contributed by atoms with van der Waals surface area (Å²) in [6, 6.07) is 3.32. The van der Waals surface area contributed by atoms with Crippen molar-refractivity contribution in [3.63, 3.8) is 0 Å². The lowest BCUT2D eigenvalue weighted by atomic mass is 9.98. The van der Waals surface area contributed by atoms with Crippen molar-refractivity contribution < 1.29 is 22.0 Å². The molecule has 0 fully saturated rings. The summed E-state index contributed by atoms with van der Waals surface area (Å²) in [4.78, 5) is 0. The van der Waals surface area contributed by atoms with E-state index in [1.807, 2.05) is 0 Å². The van der Waals surface area contributed by atoms with Gasteiger partial charge in [-0.25, -0.2) is 27.4 Å². The van der Waals surface area contributed by atoms with E-state index in [0.29, 0.717) is 0 Å². The molecule has 0 aliphatic carbocycles. The van der Waals surface area contributed by atoms with Crippen molar-refractivity contribution >= 4 is 0 Å². The Balaban J connectivity index is 2.49. The minimum atomic E-state index is -1.62. The molecule has 2 nitrogen and oxygen atoms in total. The van der Waals surface area contributed by atoms with Crippen LogP contribution < -0.4 is 11.3 Å². The van der Waals surface area contributed by atoms with Crippen LogP contribution in [-0.2, 0) is 0 Å². The SMILES string of the molecule is NNC(c1ccc(F)c(F)c1)c1cc(F)c(F)c(F)c1. The van der Waals surface area contributed by atoms with Gasteiger partial charge in [0, 0.05) is 0 Å². The number of benzene rings is 2. The van der Waals surface area contributed by atoms with Gasteiger partial charge in [0.2, 0.25) is 0 Å². The third kappa shape index (κ3) is 2.63. The lowest BCUT2D eigenvalue weighted by molar-refractivity contribution is 0.442. The van der Waals surface area contributed by atoms with E-state index in [9.17, 15) is 22.0 Å². The smallest absolute Gasteiger partial charge is 0.194 e. The highest BCUT2D eigenvalue weighted by atomic mass is 19.2. The van der Waals surface area contributed by atoms with Gasteiger partial charge < -0.3 is 0 Å². The van der Waals surface area contributed by atoms with Gasteiger partial charge in [0.05, 0.1) is 6.04 Å². The highest BCUT2D eigenvalue weighted by molar-refractivity contribution is 5.33. The van der Waals surface area contributed by atoms with Crippen LogP contribution in [0.15, 0.2) is 30.3 Å². The molecule has 0 aliphatic heterocycles. The Hall–Kier alpha value is -1.99. The summed E-state index contributed by atoms with van der Waals surface area (Å²) in [5, 5.41) is 0. The maximum absolute atomic E-state index is 13.2.